The van der Waals surface area contributed by atoms with Crippen molar-refractivity contribution in [2.75, 3.05) is 23.2 Å². The molecular weight excluding hydrogens is 595 g/mol. The number of rotatable bonds is 6. The summed E-state index contributed by atoms with van der Waals surface area (Å²) in [6, 6.07) is 15.4. The molecule has 2 N–H and O–H groups in total. The predicted molar refractivity (Wildman–Crippen MR) is 186 cm³/mol. The van der Waals surface area contributed by atoms with Crippen LogP contribution in [0.4, 0.5) is 11.6 Å². The molecule has 1 aliphatic heterocycles. The molecule has 242 valence electrons. The number of carbonyl (C=O) groups is 1. The van der Waals surface area contributed by atoms with Crippen molar-refractivity contribution < 1.29 is 9.53 Å². The van der Waals surface area contributed by atoms with E-state index in [-0.39, 0.29) is 35.9 Å². The highest BCUT2D eigenvalue weighted by Crippen LogP contribution is 2.32. The molecule has 1 unspecified atom stereocenters. The number of hydrogen-bond donors (Lipinski definition) is 2. The van der Waals surface area contributed by atoms with Crippen molar-refractivity contribution >= 4 is 29.5 Å². The molecule has 46 heavy (non-hydrogen) atoms. The molecule has 0 saturated heterocycles. The third-order valence-corrected chi connectivity index (χ3v) is 8.37. The van der Waals surface area contributed by atoms with Gasteiger partial charge in [-0.3, -0.25) is 9.52 Å². The van der Waals surface area contributed by atoms with E-state index in [0.717, 1.165) is 39.5 Å². The Hall–Kier alpha value is -4.18. The Morgan fingerprint density at radius 2 is 1.65 bits per heavy atom. The minimum atomic E-state index is -0.290. The molecule has 2 aromatic heterocycles. The van der Waals surface area contributed by atoms with Gasteiger partial charge in [0.05, 0.1) is 36.4 Å². The molecule has 0 aliphatic carbocycles. The van der Waals surface area contributed by atoms with Crippen LogP contribution in [0.25, 0.3) is 11.3 Å². The number of benzene rings is 2. The molecule has 3 heterocycles. The second-order valence-corrected chi connectivity index (χ2v) is 15.3. The van der Waals surface area contributed by atoms with E-state index >= 15 is 0 Å². The summed E-state index contributed by atoms with van der Waals surface area (Å²) in [6.45, 7) is 18.5. The lowest BCUT2D eigenvalue weighted by molar-refractivity contribution is 0.0505. The topological polar surface area (TPSA) is 105 Å². The molecule has 0 radical (unpaired) electrons. The minimum Gasteiger partial charge on any atom is -0.475 e. The van der Waals surface area contributed by atoms with Gasteiger partial charge in [0.25, 0.3) is 5.91 Å². The number of aryl methyl sites for hydroxylation is 2. The molecule has 4 bridgehead atoms. The summed E-state index contributed by atoms with van der Waals surface area (Å²) in [5, 5.41) is 3.40. The van der Waals surface area contributed by atoms with Gasteiger partial charge >= 0.3 is 0 Å². The van der Waals surface area contributed by atoms with Gasteiger partial charge in [0.15, 0.2) is 0 Å². The highest BCUT2D eigenvalue weighted by Gasteiger charge is 2.31. The molecule has 4 aromatic rings. The molecule has 1 aliphatic rings. The summed E-state index contributed by atoms with van der Waals surface area (Å²) in [7, 11) is 0. The first-order valence-corrected chi connectivity index (χ1v) is 16.5. The van der Waals surface area contributed by atoms with E-state index in [4.69, 9.17) is 14.7 Å². The Kier molecular flexibility index (Phi) is 9.86. The van der Waals surface area contributed by atoms with Gasteiger partial charge in [-0.2, -0.15) is 4.98 Å². The summed E-state index contributed by atoms with van der Waals surface area (Å²) < 4.78 is 9.76. The number of amides is 1. The molecule has 0 saturated carbocycles. The summed E-state index contributed by atoms with van der Waals surface area (Å²) in [5.41, 5.74) is 5.53. The van der Waals surface area contributed by atoms with Gasteiger partial charge in [0, 0.05) is 28.6 Å². The fourth-order valence-electron chi connectivity index (χ4n) is 5.42. The summed E-state index contributed by atoms with van der Waals surface area (Å²) in [5.74, 6) is 1.34. The predicted octanol–water partition coefficient (Wildman–Crippen LogP) is 7.97. The monoisotopic (exact) mass is 639 g/mol. The maximum absolute atomic E-state index is 14.3. The van der Waals surface area contributed by atoms with Gasteiger partial charge in [0.2, 0.25) is 11.8 Å². The lowest BCUT2D eigenvalue weighted by Crippen LogP contribution is -2.45. The number of anilines is 2. The average molecular weight is 640 g/mol. The molecule has 5 rings (SSSR count). The first-order chi connectivity index (χ1) is 21.7. The van der Waals surface area contributed by atoms with E-state index in [9.17, 15) is 4.79 Å². The SMILES string of the molecule is Cc1cccc(C)c1-c1cc2nc(n1)NSc1cccc(c1)C(=O)N(Cc1ncc(NCC(C)(C)C)cn1)C(CC(C)(C)C)CO2. The first kappa shape index (κ1) is 33.2. The van der Waals surface area contributed by atoms with E-state index in [0.29, 0.717) is 29.6 Å². The summed E-state index contributed by atoms with van der Waals surface area (Å²) in [6.07, 6.45) is 4.27. The molecule has 0 spiro atoms. The van der Waals surface area contributed by atoms with Crippen LogP contribution in [-0.4, -0.2) is 49.9 Å². The standard InChI is InChI=1S/C36H45N7O2S/c1-23-11-9-12-24(2)32(23)29-16-31-41-34(40-29)42-46-28-14-10-13-25(15-28)33(44)43(27(21-45-31)17-35(3,4)5)20-30-37-18-26(19-38-30)39-22-36(6,7)8/h9-16,18-19,27,39H,17,20-22H2,1-8H3,(H,40,41,42). The van der Waals surface area contributed by atoms with Gasteiger partial charge in [-0.05, 0) is 72.4 Å². The Bertz CT molecular complexity index is 1660. The number of carbonyl (C=O) groups excluding carboxylic acids is 1. The van der Waals surface area contributed by atoms with Crippen molar-refractivity contribution in [2.45, 2.75) is 79.3 Å². The van der Waals surface area contributed by atoms with Gasteiger partial charge in [-0.25, -0.2) is 15.0 Å². The zero-order valence-corrected chi connectivity index (χ0v) is 29.0. The smallest absolute Gasteiger partial charge is 0.254 e. The first-order valence-electron chi connectivity index (χ1n) is 15.7. The average Bonchev–Trinajstić information content (AvgIpc) is 2.99. The second-order valence-electron chi connectivity index (χ2n) is 14.4. The van der Waals surface area contributed by atoms with Crippen molar-refractivity contribution in [3.63, 3.8) is 0 Å². The van der Waals surface area contributed by atoms with Crippen molar-refractivity contribution in [3.8, 4) is 17.1 Å². The van der Waals surface area contributed by atoms with E-state index in [1.165, 1.54) is 11.9 Å². The molecule has 0 fully saturated rings. The lowest BCUT2D eigenvalue weighted by Gasteiger charge is -2.35. The van der Waals surface area contributed by atoms with Crippen molar-refractivity contribution in [1.82, 2.24) is 24.8 Å². The third kappa shape index (κ3) is 8.75. The summed E-state index contributed by atoms with van der Waals surface area (Å²) >= 11 is 1.36. The Morgan fingerprint density at radius 1 is 0.957 bits per heavy atom. The number of nitrogens with one attached hydrogen (secondary N) is 2. The minimum absolute atomic E-state index is 0.0956. The Balaban J connectivity index is 1.53. The number of hydrogen-bond acceptors (Lipinski definition) is 9. The number of ether oxygens (including phenoxy) is 1. The number of nitrogens with zero attached hydrogens (tertiary/aromatic N) is 5. The molecule has 10 heteroatoms. The van der Waals surface area contributed by atoms with Gasteiger partial charge in [0.1, 0.15) is 12.4 Å². The van der Waals surface area contributed by atoms with Crippen molar-refractivity contribution in [1.29, 1.82) is 0 Å². The number of aromatic nitrogens is 4. The van der Waals surface area contributed by atoms with E-state index in [1.54, 1.807) is 12.4 Å². The van der Waals surface area contributed by atoms with E-state index in [1.807, 2.05) is 41.3 Å². The third-order valence-electron chi connectivity index (χ3n) is 7.59. The Labute approximate surface area is 277 Å². The molecular formula is C36H45N7O2S. The quantitative estimate of drug-likeness (QED) is 0.203. The highest BCUT2D eigenvalue weighted by molar-refractivity contribution is 8.00. The van der Waals surface area contributed by atoms with Crippen molar-refractivity contribution in [2.24, 2.45) is 10.8 Å². The zero-order chi connectivity index (χ0) is 33.1. The molecule has 1 atom stereocenters. The van der Waals surface area contributed by atoms with Crippen LogP contribution in [-0.2, 0) is 6.54 Å². The van der Waals surface area contributed by atoms with Crippen molar-refractivity contribution in [3.05, 3.63) is 83.4 Å². The van der Waals surface area contributed by atoms with Crippen LogP contribution >= 0.6 is 11.9 Å². The van der Waals surface area contributed by atoms with Crippen LogP contribution in [0.2, 0.25) is 0 Å². The van der Waals surface area contributed by atoms with E-state index in [2.05, 4.69) is 87.5 Å². The summed E-state index contributed by atoms with van der Waals surface area (Å²) in [4.78, 5) is 36.0. The van der Waals surface area contributed by atoms with Crippen LogP contribution in [0.5, 0.6) is 5.88 Å². The van der Waals surface area contributed by atoms with E-state index < -0.39 is 0 Å². The fraction of sp³-hybridized carbons (Fsp3) is 0.417. The maximum Gasteiger partial charge on any atom is 0.254 e. The largest absolute Gasteiger partial charge is 0.475 e. The van der Waals surface area contributed by atoms with Gasteiger partial charge < -0.3 is 15.0 Å². The zero-order valence-electron chi connectivity index (χ0n) is 28.1. The van der Waals surface area contributed by atoms with Crippen LogP contribution in [0.15, 0.2) is 65.8 Å². The van der Waals surface area contributed by atoms with Gasteiger partial charge in [-0.1, -0.05) is 65.8 Å². The molecule has 2 aromatic carbocycles. The van der Waals surface area contributed by atoms with Crippen LogP contribution in [0.3, 0.4) is 0 Å². The molecule has 9 nitrogen and oxygen atoms in total. The molecule has 1 amide bonds. The fourth-order valence-corrected chi connectivity index (χ4v) is 6.05. The Morgan fingerprint density at radius 3 is 2.33 bits per heavy atom. The van der Waals surface area contributed by atoms with Crippen LogP contribution in [0, 0.1) is 24.7 Å². The maximum atomic E-state index is 14.3. The normalized spacial score (nSPS) is 15.6. The van der Waals surface area contributed by atoms with Crippen LogP contribution < -0.4 is 14.8 Å². The lowest BCUT2D eigenvalue weighted by atomic mass is 9.87. The highest BCUT2D eigenvalue weighted by atomic mass is 32.2. The van der Waals surface area contributed by atoms with Crippen LogP contribution in [0.1, 0.15) is 75.3 Å². The van der Waals surface area contributed by atoms with Gasteiger partial charge in [-0.15, -0.1) is 0 Å². The number of fused-ring (bicyclic) bond motifs is 4. The second kappa shape index (κ2) is 13.7.